The van der Waals surface area contributed by atoms with Crippen LogP contribution in [0.2, 0.25) is 0 Å². The summed E-state index contributed by atoms with van der Waals surface area (Å²) in [5.41, 5.74) is 2.22. The first-order valence-electron chi connectivity index (χ1n) is 6.06. The van der Waals surface area contributed by atoms with E-state index in [4.69, 9.17) is 0 Å². The van der Waals surface area contributed by atoms with Crippen molar-refractivity contribution in [3.63, 3.8) is 0 Å². The van der Waals surface area contributed by atoms with Crippen LogP contribution in [0.4, 0.5) is 0 Å². The molecule has 0 spiro atoms. The van der Waals surface area contributed by atoms with E-state index >= 15 is 0 Å². The molecule has 1 aromatic rings. The Bertz CT molecular complexity index is 350. The molecule has 1 heterocycles. The summed E-state index contributed by atoms with van der Waals surface area (Å²) in [5.74, 6) is 1.47. The summed E-state index contributed by atoms with van der Waals surface area (Å²) in [6.45, 7) is 2.17. The predicted octanol–water partition coefficient (Wildman–Crippen LogP) is 3.72. The van der Waals surface area contributed by atoms with E-state index in [0.717, 1.165) is 30.6 Å². The van der Waals surface area contributed by atoms with E-state index in [0.29, 0.717) is 5.78 Å². The zero-order valence-corrected chi connectivity index (χ0v) is 10.6. The van der Waals surface area contributed by atoms with Crippen LogP contribution in [0.25, 0.3) is 0 Å². The summed E-state index contributed by atoms with van der Waals surface area (Å²) in [5, 5.41) is 0.219. The number of carbonyl (C=O) groups is 1. The minimum atomic E-state index is 0.219. The van der Waals surface area contributed by atoms with Crippen LogP contribution in [0.15, 0.2) is 24.3 Å². The molecule has 0 saturated carbocycles. The maximum Gasteiger partial charge on any atom is 0.175 e. The zero-order valence-electron chi connectivity index (χ0n) is 9.74. The van der Waals surface area contributed by atoms with Gasteiger partial charge in [-0.3, -0.25) is 4.79 Å². The van der Waals surface area contributed by atoms with Crippen LogP contribution in [-0.2, 0) is 6.42 Å². The lowest BCUT2D eigenvalue weighted by molar-refractivity contribution is 0.0988. The van der Waals surface area contributed by atoms with Crippen molar-refractivity contribution in [2.75, 3.05) is 5.75 Å². The molecule has 0 N–H and O–H groups in total. The third kappa shape index (κ3) is 2.67. The average molecular weight is 234 g/mol. The molecular formula is C14H18OS. The third-order valence-corrected chi connectivity index (χ3v) is 4.38. The van der Waals surface area contributed by atoms with Crippen LogP contribution in [0.3, 0.4) is 0 Å². The van der Waals surface area contributed by atoms with Gasteiger partial charge >= 0.3 is 0 Å². The summed E-state index contributed by atoms with van der Waals surface area (Å²) < 4.78 is 0. The van der Waals surface area contributed by atoms with Crippen LogP contribution < -0.4 is 0 Å². The SMILES string of the molecule is CCCc1ccc(C(=O)C2CCCS2)cc1. The highest BCUT2D eigenvalue weighted by molar-refractivity contribution is 8.00. The summed E-state index contributed by atoms with van der Waals surface area (Å²) in [4.78, 5) is 12.1. The highest BCUT2D eigenvalue weighted by atomic mass is 32.2. The van der Waals surface area contributed by atoms with Gasteiger partial charge in [0.2, 0.25) is 0 Å². The van der Waals surface area contributed by atoms with Crippen molar-refractivity contribution in [1.82, 2.24) is 0 Å². The van der Waals surface area contributed by atoms with E-state index in [1.165, 1.54) is 12.0 Å². The maximum atomic E-state index is 12.1. The van der Waals surface area contributed by atoms with Gasteiger partial charge in [0.1, 0.15) is 0 Å². The maximum absolute atomic E-state index is 12.1. The van der Waals surface area contributed by atoms with Crippen LogP contribution in [0.5, 0.6) is 0 Å². The van der Waals surface area contributed by atoms with Gasteiger partial charge in [0, 0.05) is 5.56 Å². The molecule has 2 heteroatoms. The number of aryl methyl sites for hydroxylation is 1. The highest BCUT2D eigenvalue weighted by Crippen LogP contribution is 2.29. The summed E-state index contributed by atoms with van der Waals surface area (Å²) in [7, 11) is 0. The standard InChI is InChI=1S/C14H18OS/c1-2-4-11-6-8-12(9-7-11)14(15)13-5-3-10-16-13/h6-9,13H,2-5,10H2,1H3. The monoisotopic (exact) mass is 234 g/mol. The predicted molar refractivity (Wildman–Crippen MR) is 70.2 cm³/mol. The molecule has 1 aliphatic heterocycles. The van der Waals surface area contributed by atoms with Crippen molar-refractivity contribution in [3.8, 4) is 0 Å². The first-order chi connectivity index (χ1) is 7.81. The van der Waals surface area contributed by atoms with Gasteiger partial charge in [-0.1, -0.05) is 37.6 Å². The molecule has 1 fully saturated rings. The number of hydrogen-bond donors (Lipinski definition) is 0. The molecule has 2 rings (SSSR count). The fourth-order valence-corrected chi connectivity index (χ4v) is 3.33. The second kappa shape index (κ2) is 5.53. The van der Waals surface area contributed by atoms with E-state index in [-0.39, 0.29) is 5.25 Å². The topological polar surface area (TPSA) is 17.1 Å². The molecule has 0 amide bonds. The zero-order chi connectivity index (χ0) is 11.4. The van der Waals surface area contributed by atoms with E-state index < -0.39 is 0 Å². The number of hydrogen-bond acceptors (Lipinski definition) is 2. The Balaban J connectivity index is 2.05. The minimum Gasteiger partial charge on any atom is -0.293 e. The Labute approximate surface area is 102 Å². The first-order valence-corrected chi connectivity index (χ1v) is 7.11. The summed E-state index contributed by atoms with van der Waals surface area (Å²) in [6, 6.07) is 8.17. The largest absolute Gasteiger partial charge is 0.293 e. The Morgan fingerprint density at radius 3 is 2.69 bits per heavy atom. The fourth-order valence-electron chi connectivity index (χ4n) is 2.09. The number of thioether (sulfide) groups is 1. The Hall–Kier alpha value is -0.760. The van der Waals surface area contributed by atoms with Crippen molar-refractivity contribution in [1.29, 1.82) is 0 Å². The van der Waals surface area contributed by atoms with Gasteiger partial charge in [-0.05, 0) is 30.6 Å². The summed E-state index contributed by atoms with van der Waals surface area (Å²) in [6.07, 6.45) is 4.51. The quantitative estimate of drug-likeness (QED) is 0.739. The molecule has 0 aliphatic carbocycles. The summed E-state index contributed by atoms with van der Waals surface area (Å²) >= 11 is 1.81. The van der Waals surface area contributed by atoms with Gasteiger partial charge in [-0.2, -0.15) is 11.8 Å². The van der Waals surface area contributed by atoms with E-state index in [1.807, 2.05) is 23.9 Å². The molecule has 1 atom stereocenters. The molecule has 1 saturated heterocycles. The highest BCUT2D eigenvalue weighted by Gasteiger charge is 2.24. The molecule has 0 radical (unpaired) electrons. The molecule has 1 nitrogen and oxygen atoms in total. The molecule has 86 valence electrons. The molecule has 1 aromatic carbocycles. The number of ketones is 1. The van der Waals surface area contributed by atoms with Gasteiger partial charge in [0.25, 0.3) is 0 Å². The van der Waals surface area contributed by atoms with Gasteiger partial charge in [0.15, 0.2) is 5.78 Å². The van der Waals surface area contributed by atoms with E-state index in [1.54, 1.807) is 0 Å². The average Bonchev–Trinajstić information content (AvgIpc) is 2.83. The van der Waals surface area contributed by atoms with Crippen molar-refractivity contribution in [2.24, 2.45) is 0 Å². The third-order valence-electron chi connectivity index (χ3n) is 3.00. The number of Topliss-reactive ketones (excluding diaryl/α,β-unsaturated/α-hetero) is 1. The van der Waals surface area contributed by atoms with Gasteiger partial charge in [0.05, 0.1) is 5.25 Å². The van der Waals surface area contributed by atoms with Gasteiger partial charge < -0.3 is 0 Å². The van der Waals surface area contributed by atoms with Crippen LogP contribution in [-0.4, -0.2) is 16.8 Å². The molecule has 0 aromatic heterocycles. The number of benzene rings is 1. The lowest BCUT2D eigenvalue weighted by atomic mass is 10.0. The minimum absolute atomic E-state index is 0.219. The smallest absolute Gasteiger partial charge is 0.175 e. The molecular weight excluding hydrogens is 216 g/mol. The fraction of sp³-hybridized carbons (Fsp3) is 0.500. The van der Waals surface area contributed by atoms with Crippen molar-refractivity contribution in [3.05, 3.63) is 35.4 Å². The van der Waals surface area contributed by atoms with Crippen molar-refractivity contribution in [2.45, 2.75) is 37.9 Å². The van der Waals surface area contributed by atoms with E-state index in [9.17, 15) is 4.79 Å². The molecule has 1 unspecified atom stereocenters. The van der Waals surface area contributed by atoms with E-state index in [2.05, 4.69) is 19.1 Å². The second-order valence-corrected chi connectivity index (χ2v) is 5.62. The first kappa shape index (κ1) is 11.7. The molecule has 0 bridgehead atoms. The van der Waals surface area contributed by atoms with Crippen LogP contribution >= 0.6 is 11.8 Å². The Morgan fingerprint density at radius 1 is 1.38 bits per heavy atom. The van der Waals surface area contributed by atoms with Crippen molar-refractivity contribution >= 4 is 17.5 Å². The van der Waals surface area contributed by atoms with Gasteiger partial charge in [-0.25, -0.2) is 0 Å². The molecule has 1 aliphatic rings. The normalized spacial score (nSPS) is 19.9. The lowest BCUT2D eigenvalue weighted by Crippen LogP contribution is -2.13. The number of rotatable bonds is 4. The van der Waals surface area contributed by atoms with Crippen LogP contribution in [0, 0.1) is 0 Å². The second-order valence-electron chi connectivity index (χ2n) is 4.31. The number of carbonyl (C=O) groups excluding carboxylic acids is 1. The lowest BCUT2D eigenvalue weighted by Gasteiger charge is -2.07. The van der Waals surface area contributed by atoms with Gasteiger partial charge in [-0.15, -0.1) is 0 Å². The van der Waals surface area contributed by atoms with Crippen LogP contribution in [0.1, 0.15) is 42.1 Å². The van der Waals surface area contributed by atoms with Crippen molar-refractivity contribution < 1.29 is 4.79 Å². The Kier molecular flexibility index (Phi) is 4.05. The Morgan fingerprint density at radius 2 is 2.12 bits per heavy atom. The molecule has 16 heavy (non-hydrogen) atoms.